The Morgan fingerprint density at radius 2 is 2.00 bits per heavy atom. The highest BCUT2D eigenvalue weighted by molar-refractivity contribution is 5.82. The first-order chi connectivity index (χ1) is 7.92. The highest BCUT2D eigenvalue weighted by Crippen LogP contribution is 2.07. The van der Waals surface area contributed by atoms with E-state index in [0.717, 1.165) is 5.70 Å². The molecule has 5 nitrogen and oxygen atoms in total. The van der Waals surface area contributed by atoms with Crippen LogP contribution in [0.1, 0.15) is 20.8 Å². The number of methoxy groups -OCH3 is 1. The van der Waals surface area contributed by atoms with Crippen molar-refractivity contribution in [2.45, 2.75) is 20.8 Å². The summed E-state index contributed by atoms with van der Waals surface area (Å²) in [4.78, 5) is 24.3. The fourth-order valence-corrected chi connectivity index (χ4v) is 1.30. The molecule has 0 saturated carbocycles. The summed E-state index contributed by atoms with van der Waals surface area (Å²) >= 11 is 0. The molecule has 0 N–H and O–H groups in total. The van der Waals surface area contributed by atoms with Crippen molar-refractivity contribution >= 4 is 11.9 Å². The normalized spacial score (nSPS) is 12.9. The minimum atomic E-state index is -0.373. The van der Waals surface area contributed by atoms with Gasteiger partial charge in [-0.3, -0.25) is 4.79 Å². The smallest absolute Gasteiger partial charge is 0.332 e. The molecule has 0 rings (SSSR count). The fraction of sp³-hybridized carbons (Fsp3) is 0.667. The Hall–Kier alpha value is -1.52. The molecule has 0 amide bonds. The third-order valence-corrected chi connectivity index (χ3v) is 2.37. The zero-order valence-electron chi connectivity index (χ0n) is 11.1. The summed E-state index contributed by atoms with van der Waals surface area (Å²) in [6.45, 7) is 6.17. The van der Waals surface area contributed by atoms with E-state index in [0.29, 0.717) is 13.2 Å². The van der Waals surface area contributed by atoms with Crippen molar-refractivity contribution in [3.05, 3.63) is 11.8 Å². The van der Waals surface area contributed by atoms with E-state index in [-0.39, 0.29) is 17.9 Å². The van der Waals surface area contributed by atoms with E-state index in [2.05, 4.69) is 4.74 Å². The van der Waals surface area contributed by atoms with Gasteiger partial charge in [-0.25, -0.2) is 4.79 Å². The molecule has 0 saturated heterocycles. The van der Waals surface area contributed by atoms with Crippen molar-refractivity contribution in [2.75, 3.05) is 27.3 Å². The number of carbonyl (C=O) groups is 2. The number of esters is 2. The molecule has 0 aliphatic rings. The third kappa shape index (κ3) is 5.94. The van der Waals surface area contributed by atoms with Gasteiger partial charge < -0.3 is 14.4 Å². The summed E-state index contributed by atoms with van der Waals surface area (Å²) in [7, 11) is 3.17. The molecule has 0 bridgehead atoms. The van der Waals surface area contributed by atoms with Crippen LogP contribution in [0, 0.1) is 5.92 Å². The first-order valence-electron chi connectivity index (χ1n) is 5.56. The van der Waals surface area contributed by atoms with Gasteiger partial charge in [0.15, 0.2) is 0 Å². The van der Waals surface area contributed by atoms with Crippen molar-refractivity contribution in [1.82, 2.24) is 4.90 Å². The summed E-state index contributed by atoms with van der Waals surface area (Å²) in [5, 5.41) is 0. The van der Waals surface area contributed by atoms with Crippen molar-refractivity contribution in [3.8, 4) is 0 Å². The highest BCUT2D eigenvalue weighted by Gasteiger charge is 2.15. The predicted octanol–water partition coefficient (Wildman–Crippen LogP) is 1.19. The van der Waals surface area contributed by atoms with Crippen molar-refractivity contribution in [2.24, 2.45) is 5.92 Å². The lowest BCUT2D eigenvalue weighted by atomic mass is 10.1. The molecule has 5 heteroatoms. The van der Waals surface area contributed by atoms with Gasteiger partial charge >= 0.3 is 11.9 Å². The van der Waals surface area contributed by atoms with Crippen LogP contribution in [0.4, 0.5) is 0 Å². The molecule has 1 unspecified atom stereocenters. The minimum absolute atomic E-state index is 0.240. The van der Waals surface area contributed by atoms with Crippen LogP contribution in [-0.2, 0) is 19.1 Å². The number of hydrogen-bond donors (Lipinski definition) is 0. The Labute approximate surface area is 102 Å². The Morgan fingerprint density at radius 1 is 1.41 bits per heavy atom. The first kappa shape index (κ1) is 15.5. The number of ether oxygens (including phenoxy) is 2. The maximum atomic E-state index is 11.2. The van der Waals surface area contributed by atoms with Gasteiger partial charge in [-0.15, -0.1) is 0 Å². The van der Waals surface area contributed by atoms with Crippen LogP contribution in [0.15, 0.2) is 11.8 Å². The van der Waals surface area contributed by atoms with Crippen LogP contribution in [0.2, 0.25) is 0 Å². The SMILES string of the molecule is CCOC(=O)/C=C(\C)N(C)CC(C)C(=O)OC. The summed E-state index contributed by atoms with van der Waals surface area (Å²) in [5.74, 6) is -0.876. The number of carbonyl (C=O) groups excluding carboxylic acids is 2. The molecule has 0 heterocycles. The molecular weight excluding hydrogens is 222 g/mol. The van der Waals surface area contributed by atoms with E-state index >= 15 is 0 Å². The van der Waals surface area contributed by atoms with Crippen LogP contribution >= 0.6 is 0 Å². The van der Waals surface area contributed by atoms with Crippen LogP contribution in [0.5, 0.6) is 0 Å². The Kier molecular flexibility index (Phi) is 7.02. The molecule has 0 aliphatic heterocycles. The molecular formula is C12H21NO4. The largest absolute Gasteiger partial charge is 0.469 e. The van der Waals surface area contributed by atoms with Gasteiger partial charge in [0.25, 0.3) is 0 Å². The standard InChI is InChI=1S/C12H21NO4/c1-6-17-11(14)7-10(3)13(4)8-9(2)12(15)16-5/h7,9H,6,8H2,1-5H3/b10-7+. The molecule has 0 aliphatic carbocycles. The minimum Gasteiger partial charge on any atom is -0.469 e. The molecule has 1 atom stereocenters. The van der Waals surface area contributed by atoms with E-state index in [1.165, 1.54) is 13.2 Å². The van der Waals surface area contributed by atoms with Crippen LogP contribution in [0.25, 0.3) is 0 Å². The molecule has 0 aromatic carbocycles. The number of nitrogens with zero attached hydrogens (tertiary/aromatic N) is 1. The second-order valence-corrected chi connectivity index (χ2v) is 3.84. The van der Waals surface area contributed by atoms with E-state index in [1.807, 2.05) is 11.9 Å². The van der Waals surface area contributed by atoms with Gasteiger partial charge in [-0.1, -0.05) is 6.92 Å². The van der Waals surface area contributed by atoms with Gasteiger partial charge in [0.2, 0.25) is 0 Å². The molecule has 0 aromatic rings. The molecule has 0 radical (unpaired) electrons. The molecule has 0 fully saturated rings. The van der Waals surface area contributed by atoms with Gasteiger partial charge in [0.05, 0.1) is 19.6 Å². The van der Waals surface area contributed by atoms with Gasteiger partial charge in [-0.05, 0) is 13.8 Å². The van der Waals surface area contributed by atoms with E-state index in [9.17, 15) is 9.59 Å². The van der Waals surface area contributed by atoms with Crippen molar-refractivity contribution < 1.29 is 19.1 Å². The summed E-state index contributed by atoms with van der Waals surface area (Å²) in [6.07, 6.45) is 1.41. The van der Waals surface area contributed by atoms with Crippen molar-refractivity contribution in [3.63, 3.8) is 0 Å². The van der Waals surface area contributed by atoms with Gasteiger partial charge in [0, 0.05) is 25.4 Å². The predicted molar refractivity (Wildman–Crippen MR) is 64.2 cm³/mol. The number of hydrogen-bond acceptors (Lipinski definition) is 5. The fourth-order valence-electron chi connectivity index (χ4n) is 1.30. The third-order valence-electron chi connectivity index (χ3n) is 2.37. The maximum absolute atomic E-state index is 11.2. The van der Waals surface area contributed by atoms with Crippen LogP contribution < -0.4 is 0 Å². The van der Waals surface area contributed by atoms with Crippen molar-refractivity contribution in [1.29, 1.82) is 0 Å². The molecule has 98 valence electrons. The zero-order valence-corrected chi connectivity index (χ0v) is 11.1. The van der Waals surface area contributed by atoms with E-state index < -0.39 is 0 Å². The Morgan fingerprint density at radius 3 is 2.47 bits per heavy atom. The summed E-state index contributed by atoms with van der Waals surface area (Å²) in [5.41, 5.74) is 0.749. The van der Waals surface area contributed by atoms with Crippen LogP contribution in [0.3, 0.4) is 0 Å². The van der Waals surface area contributed by atoms with Gasteiger partial charge in [-0.2, -0.15) is 0 Å². The monoisotopic (exact) mass is 243 g/mol. The second-order valence-electron chi connectivity index (χ2n) is 3.84. The average molecular weight is 243 g/mol. The number of rotatable bonds is 6. The summed E-state index contributed by atoms with van der Waals surface area (Å²) in [6, 6.07) is 0. The summed E-state index contributed by atoms with van der Waals surface area (Å²) < 4.78 is 9.44. The van der Waals surface area contributed by atoms with E-state index in [4.69, 9.17) is 4.74 Å². The number of allylic oxidation sites excluding steroid dienone is 1. The van der Waals surface area contributed by atoms with E-state index in [1.54, 1.807) is 20.8 Å². The Bertz CT molecular complexity index is 299. The van der Waals surface area contributed by atoms with Gasteiger partial charge in [0.1, 0.15) is 0 Å². The molecule has 0 aromatic heterocycles. The maximum Gasteiger partial charge on any atom is 0.332 e. The first-order valence-corrected chi connectivity index (χ1v) is 5.56. The quantitative estimate of drug-likeness (QED) is 0.518. The molecule has 0 spiro atoms. The van der Waals surface area contributed by atoms with Crippen LogP contribution in [-0.4, -0.2) is 44.1 Å². The highest BCUT2D eigenvalue weighted by atomic mass is 16.5. The lowest BCUT2D eigenvalue weighted by molar-refractivity contribution is -0.145. The second kappa shape index (κ2) is 7.70. The zero-order chi connectivity index (χ0) is 13.4. The lowest BCUT2D eigenvalue weighted by Crippen LogP contribution is -2.28. The average Bonchev–Trinajstić information content (AvgIpc) is 2.27. The lowest BCUT2D eigenvalue weighted by Gasteiger charge is -2.22. The molecule has 17 heavy (non-hydrogen) atoms. The topological polar surface area (TPSA) is 55.8 Å². The Balaban J connectivity index is 4.35.